The fourth-order valence-corrected chi connectivity index (χ4v) is 5.50. The number of carbonyl (C=O) groups is 2. The largest absolute Gasteiger partial charge is 0.464 e. The number of carboxylic acid groups (broad SMARTS) is 1. The molecule has 5 rings (SSSR count). The van der Waals surface area contributed by atoms with Gasteiger partial charge in [0.2, 0.25) is 10.0 Å². The minimum atomic E-state index is -3.88. The number of carbonyl (C=O) groups excluding carboxylic acids is 1. The Bertz CT molecular complexity index is 2100. The normalized spacial score (nSPS) is 12.4. The van der Waals surface area contributed by atoms with E-state index in [1.807, 2.05) is 11.6 Å². The molecule has 1 atom stereocenters. The summed E-state index contributed by atoms with van der Waals surface area (Å²) in [6, 6.07) is 14.4. The van der Waals surface area contributed by atoms with Crippen LogP contribution in [0.2, 0.25) is 5.15 Å². The van der Waals surface area contributed by atoms with E-state index >= 15 is 0 Å². The lowest BCUT2D eigenvalue weighted by Crippen LogP contribution is -2.31. The van der Waals surface area contributed by atoms with Crippen molar-refractivity contribution in [1.82, 2.24) is 14.3 Å². The van der Waals surface area contributed by atoms with Gasteiger partial charge in [-0.3, -0.25) is 9.59 Å². The average Bonchev–Trinajstić information content (AvgIpc) is 3.30. The molecular weight excluding hydrogens is 584 g/mol. The van der Waals surface area contributed by atoms with Gasteiger partial charge in [0, 0.05) is 16.5 Å². The zero-order valence-electron chi connectivity index (χ0n) is 22.9. The molecule has 0 saturated heterocycles. The zero-order chi connectivity index (χ0) is 30.5. The number of anilines is 1. The Hall–Kier alpha value is -4.68. The minimum Gasteiger partial charge on any atom is -0.464 e. The molecule has 0 aliphatic carbocycles. The maximum absolute atomic E-state index is 13.6. The maximum Gasteiger partial charge on any atom is 0.416 e. The van der Waals surface area contributed by atoms with Crippen molar-refractivity contribution in [3.05, 3.63) is 92.4 Å². The number of hydrogen-bond acceptors (Lipinski definition) is 8. The molecule has 3 heterocycles. The number of pyridine rings is 1. The van der Waals surface area contributed by atoms with Gasteiger partial charge in [0.15, 0.2) is 16.9 Å². The van der Waals surface area contributed by atoms with E-state index in [4.69, 9.17) is 16.0 Å². The number of benzene rings is 2. The van der Waals surface area contributed by atoms with E-state index in [9.17, 15) is 27.9 Å². The van der Waals surface area contributed by atoms with Crippen molar-refractivity contribution in [1.29, 1.82) is 0 Å². The number of amides is 1. The molecule has 5 aromatic rings. The highest BCUT2D eigenvalue weighted by molar-refractivity contribution is 7.89. The van der Waals surface area contributed by atoms with Gasteiger partial charge in [-0.1, -0.05) is 35.9 Å². The first-order valence-corrected chi connectivity index (χ1v) is 14.9. The number of aromatic nitrogens is 2. The molecule has 13 heteroatoms. The summed E-state index contributed by atoms with van der Waals surface area (Å²) < 4.78 is 32.7. The number of nitrogens with zero attached hydrogens (tertiary/aromatic N) is 2. The summed E-state index contributed by atoms with van der Waals surface area (Å²) >= 11 is 5.99. The number of para-hydroxylation sites is 1. The number of rotatable bonds is 6. The number of sulfonamides is 1. The van der Waals surface area contributed by atoms with Crippen LogP contribution in [0.15, 0.2) is 63.8 Å². The molecule has 3 N–H and O–H groups in total. The van der Waals surface area contributed by atoms with Crippen molar-refractivity contribution >= 4 is 61.2 Å². The highest BCUT2D eigenvalue weighted by Crippen LogP contribution is 2.35. The summed E-state index contributed by atoms with van der Waals surface area (Å²) in [7, 11) is -3.88. The Balaban J connectivity index is 1.68. The first kappa shape index (κ1) is 28.8. The molecule has 42 heavy (non-hydrogen) atoms. The molecule has 3 aromatic heterocycles. The molecule has 0 fully saturated rings. The lowest BCUT2D eigenvalue weighted by molar-refractivity contribution is 0.0977. The summed E-state index contributed by atoms with van der Waals surface area (Å²) in [5, 5.41) is 14.1. The predicted octanol–water partition coefficient (Wildman–Crippen LogP) is 5.47. The molecule has 0 radical (unpaired) electrons. The Kier molecular flexibility index (Phi) is 7.29. The van der Waals surface area contributed by atoms with E-state index in [2.05, 4.69) is 10.3 Å². The zero-order valence-corrected chi connectivity index (χ0v) is 24.4. The summed E-state index contributed by atoms with van der Waals surface area (Å²) in [6.45, 7) is 5.16. The van der Waals surface area contributed by atoms with E-state index in [-0.39, 0.29) is 44.6 Å². The number of fused-ring (bicyclic) bond motifs is 2. The van der Waals surface area contributed by atoms with Crippen molar-refractivity contribution in [2.45, 2.75) is 26.8 Å². The van der Waals surface area contributed by atoms with Gasteiger partial charge in [0.1, 0.15) is 10.7 Å². The van der Waals surface area contributed by atoms with Crippen LogP contribution < -0.4 is 15.5 Å². The van der Waals surface area contributed by atoms with Crippen LogP contribution in [0, 0.1) is 13.8 Å². The van der Waals surface area contributed by atoms with E-state index < -0.39 is 28.1 Å². The van der Waals surface area contributed by atoms with Crippen LogP contribution in [0.3, 0.4) is 0 Å². The average molecular weight is 609 g/mol. The van der Waals surface area contributed by atoms with Crippen LogP contribution >= 0.6 is 11.6 Å². The molecule has 0 aliphatic rings. The van der Waals surface area contributed by atoms with Crippen molar-refractivity contribution in [2.75, 3.05) is 11.6 Å². The first-order valence-electron chi connectivity index (χ1n) is 12.6. The van der Waals surface area contributed by atoms with E-state index in [0.29, 0.717) is 21.9 Å². The Morgan fingerprint density at radius 3 is 2.50 bits per heavy atom. The number of aryl methyl sites for hydroxylation is 1. The van der Waals surface area contributed by atoms with Crippen molar-refractivity contribution in [2.24, 2.45) is 0 Å². The highest BCUT2D eigenvalue weighted by atomic mass is 35.5. The molecule has 1 amide bonds. The lowest BCUT2D eigenvalue weighted by Gasteiger charge is -2.20. The van der Waals surface area contributed by atoms with Crippen molar-refractivity contribution < 1.29 is 27.5 Å². The van der Waals surface area contributed by atoms with Gasteiger partial charge in [0.05, 0.1) is 34.6 Å². The second-order valence-corrected chi connectivity index (χ2v) is 12.1. The van der Waals surface area contributed by atoms with Crippen LogP contribution in [-0.4, -0.2) is 41.3 Å². The predicted molar refractivity (Wildman–Crippen MR) is 160 cm³/mol. The summed E-state index contributed by atoms with van der Waals surface area (Å²) in [6.07, 6.45) is -0.391. The molecular formula is C29H25ClN4O7S. The monoisotopic (exact) mass is 608 g/mol. The summed E-state index contributed by atoms with van der Waals surface area (Å²) in [4.78, 5) is 42.7. The van der Waals surface area contributed by atoms with Gasteiger partial charge in [-0.05, 0) is 56.7 Å². The van der Waals surface area contributed by atoms with Crippen LogP contribution in [0.1, 0.15) is 40.1 Å². The Morgan fingerprint density at radius 1 is 1.10 bits per heavy atom. The number of nitrogens with one attached hydrogen (secondary N) is 2. The Morgan fingerprint density at radius 2 is 1.81 bits per heavy atom. The van der Waals surface area contributed by atoms with E-state index in [0.717, 1.165) is 16.4 Å². The molecule has 0 aliphatic heterocycles. The number of hydrogen-bond donors (Lipinski definition) is 3. The van der Waals surface area contributed by atoms with Gasteiger partial charge in [0.25, 0.3) is 5.91 Å². The van der Waals surface area contributed by atoms with Crippen LogP contribution in [0.4, 0.5) is 10.5 Å². The second kappa shape index (κ2) is 10.6. The number of halogens is 1. The lowest BCUT2D eigenvalue weighted by atomic mass is 9.99. The fraction of sp³-hybridized carbons (Fsp3) is 0.172. The third kappa shape index (κ3) is 5.33. The molecule has 0 saturated carbocycles. The summed E-state index contributed by atoms with van der Waals surface area (Å²) in [5.41, 5.74) is 2.01. The van der Waals surface area contributed by atoms with Crippen LogP contribution in [0.5, 0.6) is 0 Å². The van der Waals surface area contributed by atoms with Crippen LogP contribution in [0.25, 0.3) is 33.3 Å². The SMILES string of the molecule is Cc1cc(C(C)Nc2ccc(Cl)nc2C(=O)NS(C)(=O)=O)c2oc(-c3cc4ccccc4n3C(=O)O)c(C)c(=O)c2c1. The highest BCUT2D eigenvalue weighted by Gasteiger charge is 2.25. The van der Waals surface area contributed by atoms with Crippen LogP contribution in [-0.2, 0) is 10.0 Å². The molecule has 0 spiro atoms. The van der Waals surface area contributed by atoms with Crippen molar-refractivity contribution in [3.63, 3.8) is 0 Å². The molecule has 0 bridgehead atoms. The molecule has 216 valence electrons. The summed E-state index contributed by atoms with van der Waals surface area (Å²) in [5.74, 6) is -0.875. The smallest absolute Gasteiger partial charge is 0.416 e. The van der Waals surface area contributed by atoms with Gasteiger partial charge < -0.3 is 14.8 Å². The molecule has 11 nitrogen and oxygen atoms in total. The quantitative estimate of drug-likeness (QED) is 0.212. The Labute approximate surface area is 244 Å². The van der Waals surface area contributed by atoms with E-state index in [1.54, 1.807) is 56.3 Å². The third-order valence-electron chi connectivity index (χ3n) is 6.72. The maximum atomic E-state index is 13.6. The topological polar surface area (TPSA) is 161 Å². The molecule has 1 unspecified atom stereocenters. The van der Waals surface area contributed by atoms with Gasteiger partial charge in [-0.25, -0.2) is 27.5 Å². The van der Waals surface area contributed by atoms with Gasteiger partial charge >= 0.3 is 6.09 Å². The second-order valence-electron chi connectivity index (χ2n) is 9.92. The van der Waals surface area contributed by atoms with Crippen molar-refractivity contribution in [3.8, 4) is 11.5 Å². The third-order valence-corrected chi connectivity index (χ3v) is 7.49. The van der Waals surface area contributed by atoms with Gasteiger partial charge in [-0.15, -0.1) is 0 Å². The fourth-order valence-electron chi connectivity index (χ4n) is 4.91. The minimum absolute atomic E-state index is 0.0206. The van der Waals surface area contributed by atoms with Gasteiger partial charge in [-0.2, -0.15) is 0 Å². The first-order chi connectivity index (χ1) is 19.7. The van der Waals surface area contributed by atoms with E-state index in [1.165, 1.54) is 12.1 Å². The molecule has 2 aromatic carbocycles. The standard InChI is InChI=1S/C29H25ClN4O7S/c1-14-11-18(16(3)31-20-9-10-23(30)32-24(20)28(36)33-42(4,39)40)27-19(12-14)25(35)15(2)26(41-27)22-13-17-7-5-6-8-21(17)34(22)29(37)38/h5-13,16,31H,1-4H3,(H,33,36)(H,37,38).